The lowest BCUT2D eigenvalue weighted by molar-refractivity contribution is -0.143. The summed E-state index contributed by atoms with van der Waals surface area (Å²) in [5, 5.41) is 12.5. The molecule has 18 heavy (non-hydrogen) atoms. The van der Waals surface area contributed by atoms with E-state index in [0.717, 1.165) is 52.0 Å². The number of hydrogen-bond donors (Lipinski definition) is 2. The second-order valence-corrected chi connectivity index (χ2v) is 5.80. The van der Waals surface area contributed by atoms with Gasteiger partial charge >= 0.3 is 5.97 Å². The van der Waals surface area contributed by atoms with Crippen molar-refractivity contribution in [3.8, 4) is 0 Å². The van der Waals surface area contributed by atoms with E-state index in [0.29, 0.717) is 11.8 Å². The summed E-state index contributed by atoms with van der Waals surface area (Å²) < 4.78 is 5.46. The highest BCUT2D eigenvalue weighted by atomic mass is 16.5. The highest BCUT2D eigenvalue weighted by molar-refractivity contribution is 5.69. The summed E-state index contributed by atoms with van der Waals surface area (Å²) in [6, 6.07) is 0. The van der Waals surface area contributed by atoms with Gasteiger partial charge in [0, 0.05) is 13.2 Å². The monoisotopic (exact) mass is 255 g/mol. The zero-order valence-electron chi connectivity index (χ0n) is 11.1. The first-order chi connectivity index (χ1) is 8.75. The van der Waals surface area contributed by atoms with Crippen LogP contribution >= 0.6 is 0 Å². The Labute approximate surface area is 109 Å². The second kappa shape index (κ2) is 7.10. The molecule has 1 atom stereocenters. The minimum absolute atomic E-state index is 0.0898. The largest absolute Gasteiger partial charge is 0.481 e. The van der Waals surface area contributed by atoms with Crippen LogP contribution in [0.25, 0.3) is 0 Å². The third kappa shape index (κ3) is 4.25. The fraction of sp³-hybridized carbons (Fsp3) is 0.929. The smallest absolute Gasteiger partial charge is 0.306 e. The van der Waals surface area contributed by atoms with Gasteiger partial charge in [-0.2, -0.15) is 0 Å². The molecule has 4 heteroatoms. The molecule has 2 N–H and O–H groups in total. The van der Waals surface area contributed by atoms with Gasteiger partial charge in [0.1, 0.15) is 0 Å². The van der Waals surface area contributed by atoms with Gasteiger partial charge in [0.05, 0.1) is 12.5 Å². The lowest BCUT2D eigenvalue weighted by Gasteiger charge is -2.28. The predicted molar refractivity (Wildman–Crippen MR) is 69.5 cm³/mol. The molecule has 0 amide bonds. The van der Waals surface area contributed by atoms with Crippen LogP contribution in [-0.4, -0.2) is 37.4 Å². The van der Waals surface area contributed by atoms with Gasteiger partial charge in [-0.3, -0.25) is 4.79 Å². The third-order valence-corrected chi connectivity index (χ3v) is 4.32. The fourth-order valence-corrected chi connectivity index (χ4v) is 3.07. The van der Waals surface area contributed by atoms with Crippen LogP contribution in [-0.2, 0) is 9.53 Å². The number of ether oxygens (including phenoxy) is 1. The molecule has 1 aliphatic carbocycles. The van der Waals surface area contributed by atoms with E-state index in [1.165, 1.54) is 12.8 Å². The highest BCUT2D eigenvalue weighted by Crippen LogP contribution is 2.28. The summed E-state index contributed by atoms with van der Waals surface area (Å²) in [5.74, 6) is 0.646. The maximum atomic E-state index is 10.9. The number of aliphatic carboxylic acids is 1. The van der Waals surface area contributed by atoms with Crippen LogP contribution in [0.2, 0.25) is 0 Å². The fourth-order valence-electron chi connectivity index (χ4n) is 3.07. The maximum absolute atomic E-state index is 10.9. The van der Waals surface area contributed by atoms with Crippen molar-refractivity contribution in [3.63, 3.8) is 0 Å². The second-order valence-electron chi connectivity index (χ2n) is 5.80. The van der Waals surface area contributed by atoms with Crippen LogP contribution in [0.5, 0.6) is 0 Å². The SMILES string of the molecule is O=C(O)C1CCC(CNCC2CCCOC2)CC1. The van der Waals surface area contributed by atoms with Crippen LogP contribution in [0.15, 0.2) is 0 Å². The van der Waals surface area contributed by atoms with Gasteiger partial charge in [-0.05, 0) is 56.9 Å². The van der Waals surface area contributed by atoms with Gasteiger partial charge in [0.15, 0.2) is 0 Å². The lowest BCUT2D eigenvalue weighted by Crippen LogP contribution is -2.34. The molecule has 0 bridgehead atoms. The molecule has 2 fully saturated rings. The van der Waals surface area contributed by atoms with Crippen molar-refractivity contribution < 1.29 is 14.6 Å². The van der Waals surface area contributed by atoms with Crippen LogP contribution < -0.4 is 5.32 Å². The molecule has 1 saturated carbocycles. The molecule has 1 saturated heterocycles. The number of carboxylic acids is 1. The molecule has 0 aromatic carbocycles. The van der Waals surface area contributed by atoms with Gasteiger partial charge in [0.25, 0.3) is 0 Å². The molecule has 0 aromatic heterocycles. The molecule has 0 radical (unpaired) electrons. The zero-order chi connectivity index (χ0) is 12.8. The topological polar surface area (TPSA) is 58.6 Å². The first-order valence-corrected chi connectivity index (χ1v) is 7.27. The summed E-state index contributed by atoms with van der Waals surface area (Å²) in [6.07, 6.45) is 6.30. The number of hydrogen-bond acceptors (Lipinski definition) is 3. The Bertz CT molecular complexity index is 256. The van der Waals surface area contributed by atoms with E-state index in [9.17, 15) is 4.79 Å². The molecule has 0 spiro atoms. The van der Waals surface area contributed by atoms with E-state index < -0.39 is 5.97 Å². The summed E-state index contributed by atoms with van der Waals surface area (Å²) in [7, 11) is 0. The van der Waals surface area contributed by atoms with Gasteiger partial charge < -0.3 is 15.2 Å². The Morgan fingerprint density at radius 2 is 1.83 bits per heavy atom. The lowest BCUT2D eigenvalue weighted by atomic mass is 9.82. The zero-order valence-corrected chi connectivity index (χ0v) is 11.1. The Balaban J connectivity index is 1.56. The van der Waals surface area contributed by atoms with Crippen LogP contribution in [0.4, 0.5) is 0 Å². The number of carboxylic acid groups (broad SMARTS) is 1. The number of rotatable bonds is 5. The summed E-state index contributed by atoms with van der Waals surface area (Å²) in [6.45, 7) is 3.93. The molecule has 2 aliphatic rings. The normalized spacial score (nSPS) is 33.2. The molecule has 4 nitrogen and oxygen atoms in total. The molecule has 1 aliphatic heterocycles. The number of carbonyl (C=O) groups is 1. The Morgan fingerprint density at radius 1 is 1.11 bits per heavy atom. The Kier molecular flexibility index (Phi) is 5.45. The average molecular weight is 255 g/mol. The highest BCUT2D eigenvalue weighted by Gasteiger charge is 2.25. The van der Waals surface area contributed by atoms with Gasteiger partial charge in [-0.25, -0.2) is 0 Å². The Hall–Kier alpha value is -0.610. The van der Waals surface area contributed by atoms with Crippen molar-refractivity contribution in [2.75, 3.05) is 26.3 Å². The van der Waals surface area contributed by atoms with Crippen molar-refractivity contribution in [1.82, 2.24) is 5.32 Å². The molecule has 1 unspecified atom stereocenters. The molecular formula is C14H25NO3. The third-order valence-electron chi connectivity index (χ3n) is 4.32. The van der Waals surface area contributed by atoms with Crippen molar-refractivity contribution >= 4 is 5.97 Å². The van der Waals surface area contributed by atoms with Gasteiger partial charge in [-0.15, -0.1) is 0 Å². The summed E-state index contributed by atoms with van der Waals surface area (Å²) >= 11 is 0. The maximum Gasteiger partial charge on any atom is 0.306 e. The van der Waals surface area contributed by atoms with Crippen LogP contribution in [0.1, 0.15) is 38.5 Å². The average Bonchev–Trinajstić information content (AvgIpc) is 2.40. The van der Waals surface area contributed by atoms with E-state index in [4.69, 9.17) is 9.84 Å². The first kappa shape index (κ1) is 13.8. The molecule has 104 valence electrons. The van der Waals surface area contributed by atoms with Gasteiger partial charge in [-0.1, -0.05) is 0 Å². The van der Waals surface area contributed by atoms with E-state index in [1.807, 2.05) is 0 Å². The number of nitrogens with one attached hydrogen (secondary N) is 1. The predicted octanol–water partition coefficient (Wildman–Crippen LogP) is 1.89. The molecule has 2 rings (SSSR count). The van der Waals surface area contributed by atoms with Crippen molar-refractivity contribution in [3.05, 3.63) is 0 Å². The van der Waals surface area contributed by atoms with Crippen LogP contribution in [0.3, 0.4) is 0 Å². The van der Waals surface area contributed by atoms with Crippen LogP contribution in [0, 0.1) is 17.8 Å². The van der Waals surface area contributed by atoms with Crippen molar-refractivity contribution in [2.24, 2.45) is 17.8 Å². The van der Waals surface area contributed by atoms with E-state index >= 15 is 0 Å². The molecule has 0 aromatic rings. The molecule has 1 heterocycles. The van der Waals surface area contributed by atoms with E-state index in [-0.39, 0.29) is 5.92 Å². The van der Waals surface area contributed by atoms with Crippen molar-refractivity contribution in [2.45, 2.75) is 38.5 Å². The first-order valence-electron chi connectivity index (χ1n) is 7.27. The Morgan fingerprint density at radius 3 is 2.44 bits per heavy atom. The standard InChI is InChI=1S/C14H25NO3/c16-14(17)13-5-3-11(4-6-13)8-15-9-12-2-1-7-18-10-12/h11-13,15H,1-10H2,(H,16,17). The minimum atomic E-state index is -0.610. The quantitative estimate of drug-likeness (QED) is 0.787. The van der Waals surface area contributed by atoms with Crippen molar-refractivity contribution in [1.29, 1.82) is 0 Å². The van der Waals surface area contributed by atoms with E-state index in [2.05, 4.69) is 5.32 Å². The summed E-state index contributed by atoms with van der Waals surface area (Å²) in [4.78, 5) is 10.9. The molecular weight excluding hydrogens is 230 g/mol. The van der Waals surface area contributed by atoms with E-state index in [1.54, 1.807) is 0 Å². The minimum Gasteiger partial charge on any atom is -0.481 e. The summed E-state index contributed by atoms with van der Waals surface area (Å²) in [5.41, 5.74) is 0. The van der Waals surface area contributed by atoms with Gasteiger partial charge in [0.2, 0.25) is 0 Å².